The first kappa shape index (κ1) is 13.5. The first-order valence-corrected chi connectivity index (χ1v) is 6.61. The lowest BCUT2D eigenvalue weighted by molar-refractivity contribution is 0.608. The molecule has 0 aliphatic heterocycles. The maximum atomic E-state index is 12.4. The molecule has 102 valence electrons. The third-order valence-electron chi connectivity index (χ3n) is 3.50. The van der Waals surface area contributed by atoms with Crippen molar-refractivity contribution >= 4 is 5.69 Å². The van der Waals surface area contributed by atoms with E-state index in [1.54, 1.807) is 4.68 Å². The molecule has 0 atom stereocenters. The topological polar surface area (TPSA) is 53.0 Å². The number of hydrogen-bond acceptors (Lipinski definition) is 2. The first-order chi connectivity index (χ1) is 8.97. The van der Waals surface area contributed by atoms with Crippen LogP contribution in [-0.4, -0.2) is 9.36 Å². The van der Waals surface area contributed by atoms with Crippen LogP contribution in [0.1, 0.15) is 30.2 Å². The zero-order valence-electron chi connectivity index (χ0n) is 12.0. The van der Waals surface area contributed by atoms with Gasteiger partial charge in [-0.1, -0.05) is 25.5 Å². The lowest BCUT2D eigenvalue weighted by atomic mass is 10.1. The van der Waals surface area contributed by atoms with E-state index < -0.39 is 0 Å². The van der Waals surface area contributed by atoms with Crippen LogP contribution < -0.4 is 11.3 Å². The second-order valence-electron chi connectivity index (χ2n) is 5.04. The highest BCUT2D eigenvalue weighted by atomic mass is 16.1. The highest BCUT2D eigenvalue weighted by molar-refractivity contribution is 5.49. The molecule has 2 rings (SSSR count). The molecule has 0 fully saturated rings. The number of aromatic nitrogens is 2. The molecule has 0 radical (unpaired) electrons. The van der Waals surface area contributed by atoms with Gasteiger partial charge in [-0.25, -0.2) is 4.68 Å². The summed E-state index contributed by atoms with van der Waals surface area (Å²) in [5.74, 6) is 0. The Bertz CT molecular complexity index is 665. The molecule has 0 aliphatic carbocycles. The largest absolute Gasteiger partial charge is 0.393 e. The van der Waals surface area contributed by atoms with E-state index in [2.05, 4.69) is 6.92 Å². The molecule has 4 nitrogen and oxygen atoms in total. The number of aryl methyl sites for hydroxylation is 2. The van der Waals surface area contributed by atoms with Gasteiger partial charge >= 0.3 is 0 Å². The highest BCUT2D eigenvalue weighted by Crippen LogP contribution is 2.18. The summed E-state index contributed by atoms with van der Waals surface area (Å²) in [7, 11) is 1.89. The molecule has 0 aliphatic rings. The summed E-state index contributed by atoms with van der Waals surface area (Å²) in [5.41, 5.74) is 10.2. The molecule has 0 bridgehead atoms. The van der Waals surface area contributed by atoms with Gasteiger partial charge in [0.25, 0.3) is 5.56 Å². The average molecular weight is 259 g/mol. The molecule has 0 saturated carbocycles. The minimum Gasteiger partial charge on any atom is -0.393 e. The molecule has 0 amide bonds. The zero-order valence-corrected chi connectivity index (χ0v) is 12.0. The van der Waals surface area contributed by atoms with Crippen molar-refractivity contribution in [1.29, 1.82) is 0 Å². The fourth-order valence-corrected chi connectivity index (χ4v) is 2.42. The number of anilines is 1. The van der Waals surface area contributed by atoms with Gasteiger partial charge in [-0.3, -0.25) is 9.48 Å². The van der Waals surface area contributed by atoms with Crippen LogP contribution in [0.2, 0.25) is 0 Å². The normalized spacial score (nSPS) is 10.9. The van der Waals surface area contributed by atoms with Gasteiger partial charge in [-0.05, 0) is 37.5 Å². The Morgan fingerprint density at radius 1 is 1.26 bits per heavy atom. The number of benzene rings is 1. The summed E-state index contributed by atoms with van der Waals surface area (Å²) in [6.07, 6.45) is 1.78. The summed E-state index contributed by atoms with van der Waals surface area (Å²) in [6.45, 7) is 6.11. The van der Waals surface area contributed by atoms with Crippen molar-refractivity contribution in [3.05, 3.63) is 45.4 Å². The highest BCUT2D eigenvalue weighted by Gasteiger charge is 2.16. The number of nitrogens with zero attached hydrogens (tertiary/aromatic N) is 2. The second kappa shape index (κ2) is 4.96. The molecule has 1 aromatic carbocycles. The van der Waals surface area contributed by atoms with E-state index in [0.717, 1.165) is 35.3 Å². The van der Waals surface area contributed by atoms with Crippen LogP contribution in [0.15, 0.2) is 23.0 Å². The Hall–Kier alpha value is -1.97. The van der Waals surface area contributed by atoms with E-state index in [9.17, 15) is 4.79 Å². The third-order valence-corrected chi connectivity index (χ3v) is 3.50. The van der Waals surface area contributed by atoms with E-state index in [4.69, 9.17) is 5.73 Å². The van der Waals surface area contributed by atoms with Crippen LogP contribution in [0.3, 0.4) is 0 Å². The van der Waals surface area contributed by atoms with Gasteiger partial charge in [0, 0.05) is 7.05 Å². The maximum Gasteiger partial charge on any atom is 0.294 e. The van der Waals surface area contributed by atoms with Crippen LogP contribution >= 0.6 is 0 Å². The van der Waals surface area contributed by atoms with Crippen molar-refractivity contribution in [3.8, 4) is 5.69 Å². The maximum absolute atomic E-state index is 12.4. The van der Waals surface area contributed by atoms with Gasteiger partial charge in [0.05, 0.1) is 11.4 Å². The summed E-state index contributed by atoms with van der Waals surface area (Å²) in [5, 5.41) is 0. The SMILES string of the molecule is CCCc1c(N)c(=O)n(-c2cc(C)ccc2C)n1C. The Balaban J connectivity index is 2.73. The van der Waals surface area contributed by atoms with Gasteiger partial charge < -0.3 is 5.73 Å². The number of hydrogen-bond donors (Lipinski definition) is 1. The minimum atomic E-state index is -0.125. The van der Waals surface area contributed by atoms with E-state index >= 15 is 0 Å². The van der Waals surface area contributed by atoms with Gasteiger partial charge in [-0.15, -0.1) is 0 Å². The van der Waals surface area contributed by atoms with E-state index in [1.165, 1.54) is 0 Å². The van der Waals surface area contributed by atoms with Crippen molar-refractivity contribution in [1.82, 2.24) is 9.36 Å². The van der Waals surface area contributed by atoms with E-state index in [0.29, 0.717) is 5.69 Å². The third kappa shape index (κ3) is 2.18. The number of nitrogens with two attached hydrogens (primary N) is 1. The second-order valence-corrected chi connectivity index (χ2v) is 5.04. The fraction of sp³-hybridized carbons (Fsp3) is 0.400. The van der Waals surface area contributed by atoms with Crippen molar-refractivity contribution in [3.63, 3.8) is 0 Å². The average Bonchev–Trinajstić information content (AvgIpc) is 2.57. The minimum absolute atomic E-state index is 0.125. The number of rotatable bonds is 3. The zero-order chi connectivity index (χ0) is 14.2. The molecule has 1 aromatic heterocycles. The summed E-state index contributed by atoms with van der Waals surface area (Å²) in [6, 6.07) is 6.09. The molecular formula is C15H21N3O. The monoisotopic (exact) mass is 259 g/mol. The Morgan fingerprint density at radius 3 is 2.58 bits per heavy atom. The summed E-state index contributed by atoms with van der Waals surface area (Å²) < 4.78 is 3.55. The standard InChI is InChI=1S/C15H21N3O/c1-5-6-12-14(16)15(19)18(17(12)4)13-9-10(2)7-8-11(13)3/h7-9H,5-6,16H2,1-4H3. The van der Waals surface area contributed by atoms with Crippen molar-refractivity contribution < 1.29 is 0 Å². The van der Waals surface area contributed by atoms with Crippen LogP contribution in [0.4, 0.5) is 5.69 Å². The van der Waals surface area contributed by atoms with E-state index in [1.807, 2.05) is 43.8 Å². The predicted molar refractivity (Wildman–Crippen MR) is 78.9 cm³/mol. The molecule has 1 heterocycles. The quantitative estimate of drug-likeness (QED) is 0.919. The Morgan fingerprint density at radius 2 is 1.95 bits per heavy atom. The Labute approximate surface area is 113 Å². The lowest BCUT2D eigenvalue weighted by Gasteiger charge is -2.12. The van der Waals surface area contributed by atoms with Crippen LogP contribution in [-0.2, 0) is 13.5 Å². The van der Waals surface area contributed by atoms with Crippen LogP contribution in [0, 0.1) is 13.8 Å². The molecular weight excluding hydrogens is 238 g/mol. The van der Waals surface area contributed by atoms with Crippen LogP contribution in [0.5, 0.6) is 0 Å². The number of nitrogen functional groups attached to an aromatic ring is 1. The van der Waals surface area contributed by atoms with Gasteiger partial charge in [0.15, 0.2) is 0 Å². The predicted octanol–water partition coefficient (Wildman–Crippen LogP) is 2.33. The Kier molecular flexibility index (Phi) is 3.51. The molecule has 4 heteroatoms. The molecule has 0 unspecified atom stereocenters. The first-order valence-electron chi connectivity index (χ1n) is 6.61. The smallest absolute Gasteiger partial charge is 0.294 e. The van der Waals surface area contributed by atoms with Crippen molar-refractivity contribution in [2.24, 2.45) is 7.05 Å². The van der Waals surface area contributed by atoms with Crippen molar-refractivity contribution in [2.75, 3.05) is 5.73 Å². The summed E-state index contributed by atoms with van der Waals surface area (Å²) in [4.78, 5) is 12.4. The lowest BCUT2D eigenvalue weighted by Crippen LogP contribution is -2.21. The summed E-state index contributed by atoms with van der Waals surface area (Å²) >= 11 is 0. The van der Waals surface area contributed by atoms with Crippen LogP contribution in [0.25, 0.3) is 5.69 Å². The molecule has 0 saturated heterocycles. The van der Waals surface area contributed by atoms with Gasteiger partial charge in [0.1, 0.15) is 5.69 Å². The van der Waals surface area contributed by atoms with Gasteiger partial charge in [0.2, 0.25) is 0 Å². The van der Waals surface area contributed by atoms with Gasteiger partial charge in [-0.2, -0.15) is 0 Å². The van der Waals surface area contributed by atoms with Crippen molar-refractivity contribution in [2.45, 2.75) is 33.6 Å². The molecule has 19 heavy (non-hydrogen) atoms. The van der Waals surface area contributed by atoms with E-state index in [-0.39, 0.29) is 5.56 Å². The fourth-order valence-electron chi connectivity index (χ4n) is 2.42. The molecule has 0 spiro atoms. The molecule has 2 aromatic rings. The molecule has 2 N–H and O–H groups in total.